The van der Waals surface area contributed by atoms with Gasteiger partial charge in [-0.15, -0.1) is 10.2 Å². The van der Waals surface area contributed by atoms with E-state index in [9.17, 15) is 23.4 Å². The fraction of sp³-hybridized carbons (Fsp3) is 0.333. The molecule has 6 nitrogen and oxygen atoms in total. The summed E-state index contributed by atoms with van der Waals surface area (Å²) in [6.07, 6.45) is -0.969. The molecular weight excluding hydrogens is 361 g/mol. The Balaban J connectivity index is 1.72. The summed E-state index contributed by atoms with van der Waals surface area (Å²) >= 11 is 0. The lowest BCUT2D eigenvalue weighted by Gasteiger charge is -2.15. The molecule has 2 aromatic heterocycles. The second-order valence-electron chi connectivity index (χ2n) is 6.67. The Labute approximate surface area is 152 Å². The summed E-state index contributed by atoms with van der Waals surface area (Å²) in [7, 11) is 0. The molecule has 0 bridgehead atoms. The minimum atomic E-state index is -4.54. The van der Waals surface area contributed by atoms with Gasteiger partial charge in [-0.3, -0.25) is 4.40 Å². The highest BCUT2D eigenvalue weighted by Crippen LogP contribution is 2.37. The maximum absolute atomic E-state index is 12.8. The monoisotopic (exact) mass is 378 g/mol. The molecule has 2 atom stereocenters. The average molecular weight is 378 g/mol. The van der Waals surface area contributed by atoms with Crippen molar-refractivity contribution in [1.29, 1.82) is 0 Å². The third kappa shape index (κ3) is 3.30. The van der Waals surface area contributed by atoms with Gasteiger partial charge in [0.2, 0.25) is 5.95 Å². The van der Waals surface area contributed by atoms with Crippen molar-refractivity contribution in [3.63, 3.8) is 0 Å². The van der Waals surface area contributed by atoms with E-state index in [0.29, 0.717) is 24.0 Å². The van der Waals surface area contributed by atoms with Crippen molar-refractivity contribution in [2.45, 2.75) is 37.6 Å². The SMILES string of the molecule is Oc1cc(C(F)(F)F)ccc1-c1nnc(N[C@@H]2CC[C@@H](O)C2)n2cccc12. The van der Waals surface area contributed by atoms with Crippen molar-refractivity contribution in [3.8, 4) is 17.0 Å². The van der Waals surface area contributed by atoms with E-state index in [4.69, 9.17) is 0 Å². The maximum Gasteiger partial charge on any atom is 0.416 e. The van der Waals surface area contributed by atoms with E-state index in [1.807, 2.05) is 0 Å². The molecule has 4 rings (SSSR count). The molecule has 1 aliphatic rings. The number of halogens is 3. The predicted molar refractivity (Wildman–Crippen MR) is 92.4 cm³/mol. The molecule has 1 aromatic carbocycles. The number of alkyl halides is 3. The number of aromatic nitrogens is 3. The molecule has 0 radical (unpaired) electrons. The van der Waals surface area contributed by atoms with E-state index in [1.54, 1.807) is 22.7 Å². The fourth-order valence-electron chi connectivity index (χ4n) is 3.43. The van der Waals surface area contributed by atoms with Gasteiger partial charge in [0.25, 0.3) is 0 Å². The third-order valence-corrected chi connectivity index (χ3v) is 4.78. The van der Waals surface area contributed by atoms with Crippen LogP contribution in [0, 0.1) is 0 Å². The number of aromatic hydroxyl groups is 1. The number of phenols is 1. The van der Waals surface area contributed by atoms with Crippen LogP contribution in [-0.2, 0) is 6.18 Å². The number of anilines is 1. The van der Waals surface area contributed by atoms with Gasteiger partial charge in [-0.1, -0.05) is 0 Å². The van der Waals surface area contributed by atoms with Crippen LogP contribution >= 0.6 is 0 Å². The molecule has 3 N–H and O–H groups in total. The molecule has 2 heterocycles. The molecular formula is C18H17F3N4O2. The number of nitrogens with one attached hydrogen (secondary N) is 1. The summed E-state index contributed by atoms with van der Waals surface area (Å²) in [5.41, 5.74) is 0.118. The van der Waals surface area contributed by atoms with Crippen LogP contribution in [0.25, 0.3) is 16.8 Å². The lowest BCUT2D eigenvalue weighted by Crippen LogP contribution is -2.20. The topological polar surface area (TPSA) is 82.7 Å². The molecule has 0 saturated heterocycles. The van der Waals surface area contributed by atoms with Crippen LogP contribution < -0.4 is 5.32 Å². The minimum Gasteiger partial charge on any atom is -0.507 e. The zero-order chi connectivity index (χ0) is 19.2. The Morgan fingerprint density at radius 2 is 1.96 bits per heavy atom. The molecule has 1 fully saturated rings. The molecule has 142 valence electrons. The zero-order valence-electron chi connectivity index (χ0n) is 14.1. The van der Waals surface area contributed by atoms with Gasteiger partial charge in [0.05, 0.1) is 17.2 Å². The van der Waals surface area contributed by atoms with Crippen molar-refractivity contribution in [3.05, 3.63) is 42.1 Å². The van der Waals surface area contributed by atoms with Crippen LogP contribution in [0.5, 0.6) is 5.75 Å². The van der Waals surface area contributed by atoms with E-state index in [0.717, 1.165) is 18.9 Å². The second-order valence-corrected chi connectivity index (χ2v) is 6.67. The predicted octanol–water partition coefficient (Wildman–Crippen LogP) is 3.45. The van der Waals surface area contributed by atoms with Gasteiger partial charge < -0.3 is 15.5 Å². The van der Waals surface area contributed by atoms with Gasteiger partial charge in [-0.05, 0) is 49.6 Å². The van der Waals surface area contributed by atoms with Gasteiger partial charge in [0.1, 0.15) is 11.4 Å². The Kier molecular flexibility index (Phi) is 4.18. The van der Waals surface area contributed by atoms with Gasteiger partial charge in [-0.25, -0.2) is 0 Å². The summed E-state index contributed by atoms with van der Waals surface area (Å²) < 4.78 is 40.2. The van der Waals surface area contributed by atoms with Gasteiger partial charge in [-0.2, -0.15) is 13.2 Å². The summed E-state index contributed by atoms with van der Waals surface area (Å²) in [5, 5.41) is 31.3. The summed E-state index contributed by atoms with van der Waals surface area (Å²) in [6.45, 7) is 0. The van der Waals surface area contributed by atoms with Crippen LogP contribution in [0.1, 0.15) is 24.8 Å². The van der Waals surface area contributed by atoms with Crippen LogP contribution in [0.15, 0.2) is 36.5 Å². The first-order chi connectivity index (χ1) is 12.8. The van der Waals surface area contributed by atoms with E-state index in [1.165, 1.54) is 6.07 Å². The number of rotatable bonds is 3. The standard InChI is InChI=1S/C18H17F3N4O2/c19-18(20,21)10-3-6-13(15(27)8-10)16-14-2-1-7-25(14)17(24-23-16)22-11-4-5-12(26)9-11/h1-3,6-8,11-12,26-27H,4-5,9H2,(H,22,24)/t11-,12-/m1/s1. The molecule has 3 aromatic rings. The number of aliphatic hydroxyl groups excluding tert-OH is 1. The number of hydrogen-bond acceptors (Lipinski definition) is 5. The highest BCUT2D eigenvalue weighted by molar-refractivity contribution is 5.81. The summed E-state index contributed by atoms with van der Waals surface area (Å²) in [4.78, 5) is 0. The van der Waals surface area contributed by atoms with Crippen molar-refractivity contribution >= 4 is 11.5 Å². The highest BCUT2D eigenvalue weighted by atomic mass is 19.4. The zero-order valence-corrected chi connectivity index (χ0v) is 14.1. The van der Waals surface area contributed by atoms with Crippen molar-refractivity contribution < 1.29 is 23.4 Å². The maximum atomic E-state index is 12.8. The lowest BCUT2D eigenvalue weighted by molar-refractivity contribution is -0.137. The van der Waals surface area contributed by atoms with Gasteiger partial charge >= 0.3 is 6.18 Å². The Hall–Kier alpha value is -2.81. The first-order valence-electron chi connectivity index (χ1n) is 8.52. The summed E-state index contributed by atoms with van der Waals surface area (Å²) in [6, 6.07) is 6.36. The minimum absolute atomic E-state index is 0.0743. The van der Waals surface area contributed by atoms with Gasteiger partial charge in [0, 0.05) is 17.8 Å². The molecule has 9 heteroatoms. The number of aliphatic hydroxyl groups is 1. The largest absolute Gasteiger partial charge is 0.507 e. The second kappa shape index (κ2) is 6.41. The molecule has 1 aliphatic carbocycles. The van der Waals surface area contributed by atoms with Crippen LogP contribution in [0.2, 0.25) is 0 Å². The van der Waals surface area contributed by atoms with E-state index >= 15 is 0 Å². The van der Waals surface area contributed by atoms with E-state index in [2.05, 4.69) is 15.5 Å². The smallest absolute Gasteiger partial charge is 0.416 e. The van der Waals surface area contributed by atoms with Crippen molar-refractivity contribution in [2.24, 2.45) is 0 Å². The highest BCUT2D eigenvalue weighted by Gasteiger charge is 2.31. The van der Waals surface area contributed by atoms with Crippen molar-refractivity contribution in [2.75, 3.05) is 5.32 Å². The first kappa shape index (κ1) is 17.6. The average Bonchev–Trinajstić information content (AvgIpc) is 3.24. The molecule has 0 unspecified atom stereocenters. The number of nitrogens with zero attached hydrogens (tertiary/aromatic N) is 3. The van der Waals surface area contributed by atoms with Crippen LogP contribution in [-0.4, -0.2) is 37.0 Å². The Bertz CT molecular complexity index is 986. The van der Waals surface area contributed by atoms with Crippen LogP contribution in [0.4, 0.5) is 19.1 Å². The van der Waals surface area contributed by atoms with Gasteiger partial charge in [0.15, 0.2) is 0 Å². The van der Waals surface area contributed by atoms with E-state index in [-0.39, 0.29) is 23.4 Å². The third-order valence-electron chi connectivity index (χ3n) is 4.78. The molecule has 1 saturated carbocycles. The Morgan fingerprint density at radius 1 is 1.15 bits per heavy atom. The number of fused-ring (bicyclic) bond motifs is 1. The van der Waals surface area contributed by atoms with Crippen molar-refractivity contribution in [1.82, 2.24) is 14.6 Å². The lowest BCUT2D eigenvalue weighted by atomic mass is 10.1. The Morgan fingerprint density at radius 3 is 2.63 bits per heavy atom. The fourth-order valence-corrected chi connectivity index (χ4v) is 3.43. The molecule has 0 spiro atoms. The first-order valence-corrected chi connectivity index (χ1v) is 8.52. The normalized spacial score (nSPS) is 20.3. The molecule has 27 heavy (non-hydrogen) atoms. The number of hydrogen-bond donors (Lipinski definition) is 3. The summed E-state index contributed by atoms with van der Waals surface area (Å²) in [5.74, 6) is -0.0360. The molecule has 0 amide bonds. The van der Waals surface area contributed by atoms with Crippen LogP contribution in [0.3, 0.4) is 0 Å². The van der Waals surface area contributed by atoms with E-state index < -0.39 is 17.5 Å². The molecule has 0 aliphatic heterocycles. The number of phenolic OH excluding ortho intramolecular Hbond substituents is 1. The number of benzene rings is 1. The quantitative estimate of drug-likeness (QED) is 0.650.